The lowest BCUT2D eigenvalue weighted by molar-refractivity contribution is 0.442. The molecule has 0 radical (unpaired) electrons. The van der Waals surface area contributed by atoms with E-state index in [9.17, 15) is 0 Å². The van der Waals surface area contributed by atoms with Gasteiger partial charge in [-0.15, -0.1) is 0 Å². The Bertz CT molecular complexity index is 315. The molecule has 104 valence electrons. The molecule has 0 saturated carbocycles. The van der Waals surface area contributed by atoms with E-state index in [1.54, 1.807) is 0 Å². The van der Waals surface area contributed by atoms with Crippen LogP contribution in [0.15, 0.2) is 18.5 Å². The van der Waals surface area contributed by atoms with Crippen molar-refractivity contribution in [3.05, 3.63) is 24.0 Å². The summed E-state index contributed by atoms with van der Waals surface area (Å²) >= 11 is 0. The zero-order chi connectivity index (χ0) is 13.4. The predicted molar refractivity (Wildman–Crippen MR) is 79.8 cm³/mol. The fourth-order valence-electron chi connectivity index (χ4n) is 2.57. The molecule has 2 nitrogen and oxygen atoms in total. The zero-order valence-electron chi connectivity index (χ0n) is 12.6. The second kappa shape index (κ2) is 8.36. The van der Waals surface area contributed by atoms with Gasteiger partial charge in [-0.05, 0) is 31.0 Å². The van der Waals surface area contributed by atoms with Gasteiger partial charge in [-0.1, -0.05) is 46.5 Å². The topological polar surface area (TPSA) is 17.0 Å². The number of unbranched alkanes of at least 4 members (excludes halogenated alkanes) is 4. The molecule has 1 atom stereocenters. The second-order valence-corrected chi connectivity index (χ2v) is 5.61. The maximum atomic E-state index is 3.40. The third kappa shape index (κ3) is 4.85. The molecule has 1 unspecified atom stereocenters. The Morgan fingerprint density at radius 3 is 2.50 bits per heavy atom. The molecule has 0 aliphatic heterocycles. The third-order valence-corrected chi connectivity index (χ3v) is 3.63. The summed E-state index contributed by atoms with van der Waals surface area (Å²) in [6.07, 6.45) is 11.3. The minimum absolute atomic E-state index is 0.478. The molecule has 18 heavy (non-hydrogen) atoms. The van der Waals surface area contributed by atoms with E-state index in [0.29, 0.717) is 12.0 Å². The van der Waals surface area contributed by atoms with Crippen molar-refractivity contribution in [3.8, 4) is 0 Å². The summed E-state index contributed by atoms with van der Waals surface area (Å²) in [4.78, 5) is 0. The first-order valence-electron chi connectivity index (χ1n) is 7.52. The highest BCUT2D eigenvalue weighted by Crippen LogP contribution is 2.21. The molecular formula is C16H30N2. The molecule has 0 fully saturated rings. The minimum Gasteiger partial charge on any atom is -0.354 e. The summed E-state index contributed by atoms with van der Waals surface area (Å²) < 4.78 is 2.34. The molecule has 2 heteroatoms. The fraction of sp³-hybridized carbons (Fsp3) is 0.750. The van der Waals surface area contributed by atoms with Crippen molar-refractivity contribution in [2.24, 2.45) is 5.92 Å². The van der Waals surface area contributed by atoms with Crippen LogP contribution in [-0.4, -0.2) is 11.6 Å². The number of aryl methyl sites for hydroxylation is 1. The van der Waals surface area contributed by atoms with E-state index >= 15 is 0 Å². The minimum atomic E-state index is 0.478. The number of aromatic nitrogens is 1. The summed E-state index contributed by atoms with van der Waals surface area (Å²) in [7, 11) is 2.05. The molecule has 0 aliphatic carbocycles. The van der Waals surface area contributed by atoms with Gasteiger partial charge >= 0.3 is 0 Å². The summed E-state index contributed by atoms with van der Waals surface area (Å²) in [5.41, 5.74) is 1.42. The molecule has 0 bridgehead atoms. The van der Waals surface area contributed by atoms with Gasteiger partial charge in [0.1, 0.15) is 0 Å². The number of rotatable bonds is 9. The molecule has 0 aromatic carbocycles. The van der Waals surface area contributed by atoms with Crippen molar-refractivity contribution in [2.45, 2.75) is 65.5 Å². The Hall–Kier alpha value is -0.760. The molecule has 0 saturated heterocycles. The van der Waals surface area contributed by atoms with Crippen LogP contribution in [0, 0.1) is 5.92 Å². The van der Waals surface area contributed by atoms with Gasteiger partial charge in [-0.25, -0.2) is 0 Å². The highest BCUT2D eigenvalue weighted by Gasteiger charge is 2.14. The van der Waals surface area contributed by atoms with Crippen LogP contribution >= 0.6 is 0 Å². The van der Waals surface area contributed by atoms with Crippen LogP contribution in [0.25, 0.3) is 0 Å². The van der Waals surface area contributed by atoms with Crippen LogP contribution in [0.3, 0.4) is 0 Å². The predicted octanol–water partition coefficient (Wildman–Crippen LogP) is 4.38. The largest absolute Gasteiger partial charge is 0.354 e. The van der Waals surface area contributed by atoms with Crippen LogP contribution in [0.5, 0.6) is 0 Å². The van der Waals surface area contributed by atoms with E-state index in [4.69, 9.17) is 0 Å². The maximum absolute atomic E-state index is 3.40. The third-order valence-electron chi connectivity index (χ3n) is 3.63. The van der Waals surface area contributed by atoms with Crippen molar-refractivity contribution in [1.82, 2.24) is 9.88 Å². The van der Waals surface area contributed by atoms with Crippen molar-refractivity contribution in [1.29, 1.82) is 0 Å². The molecule has 0 spiro atoms. The van der Waals surface area contributed by atoms with Gasteiger partial charge in [0.2, 0.25) is 0 Å². The zero-order valence-corrected chi connectivity index (χ0v) is 12.6. The molecule has 0 aliphatic rings. The van der Waals surface area contributed by atoms with Crippen LogP contribution in [0.4, 0.5) is 0 Å². The van der Waals surface area contributed by atoms with Crippen molar-refractivity contribution < 1.29 is 0 Å². The lowest BCUT2D eigenvalue weighted by Gasteiger charge is -2.18. The first kappa shape index (κ1) is 15.3. The van der Waals surface area contributed by atoms with Crippen LogP contribution in [0.2, 0.25) is 0 Å². The molecule has 1 aromatic rings. The molecule has 1 aromatic heterocycles. The lowest BCUT2D eigenvalue weighted by atomic mass is 9.99. The quantitative estimate of drug-likeness (QED) is 0.644. The van der Waals surface area contributed by atoms with Crippen molar-refractivity contribution >= 4 is 0 Å². The molecular weight excluding hydrogens is 220 g/mol. The number of nitrogens with zero attached hydrogens (tertiary/aromatic N) is 1. The number of nitrogens with one attached hydrogen (secondary N) is 1. The lowest BCUT2D eigenvalue weighted by Crippen LogP contribution is -2.21. The van der Waals surface area contributed by atoms with E-state index in [0.717, 1.165) is 6.54 Å². The first-order valence-corrected chi connectivity index (χ1v) is 7.52. The summed E-state index contributed by atoms with van der Waals surface area (Å²) in [5, 5.41) is 3.40. The van der Waals surface area contributed by atoms with Gasteiger partial charge in [0, 0.05) is 25.0 Å². The molecule has 1 rings (SSSR count). The average molecular weight is 250 g/mol. The Morgan fingerprint density at radius 1 is 1.17 bits per heavy atom. The van der Waals surface area contributed by atoms with Crippen LogP contribution < -0.4 is 5.32 Å². The maximum Gasteiger partial charge on any atom is 0.0355 e. The van der Waals surface area contributed by atoms with E-state index in [-0.39, 0.29) is 0 Å². The number of hydrogen-bond donors (Lipinski definition) is 1. The smallest absolute Gasteiger partial charge is 0.0355 e. The summed E-state index contributed by atoms with van der Waals surface area (Å²) in [6, 6.07) is 2.74. The molecule has 1 heterocycles. The van der Waals surface area contributed by atoms with Gasteiger partial charge in [0.25, 0.3) is 0 Å². The van der Waals surface area contributed by atoms with Gasteiger partial charge in [-0.2, -0.15) is 0 Å². The van der Waals surface area contributed by atoms with Gasteiger partial charge < -0.3 is 9.88 Å². The normalized spacial score (nSPS) is 13.2. The monoisotopic (exact) mass is 250 g/mol. The first-order chi connectivity index (χ1) is 8.69. The second-order valence-electron chi connectivity index (χ2n) is 5.61. The molecule has 0 amide bonds. The number of hydrogen-bond acceptors (Lipinski definition) is 1. The van der Waals surface area contributed by atoms with Crippen LogP contribution in [0.1, 0.15) is 64.5 Å². The van der Waals surface area contributed by atoms with Gasteiger partial charge in [0.15, 0.2) is 0 Å². The Balaban J connectivity index is 2.38. The molecule has 1 N–H and O–H groups in total. The standard InChI is InChI=1S/C16H30N2/c1-5-6-7-8-9-11-18-12-10-15(13-18)16(17-4)14(2)3/h10,12-14,16-17H,5-9,11H2,1-4H3. The van der Waals surface area contributed by atoms with E-state index in [2.05, 4.69) is 49.1 Å². The Morgan fingerprint density at radius 2 is 1.89 bits per heavy atom. The highest BCUT2D eigenvalue weighted by atomic mass is 15.0. The van der Waals surface area contributed by atoms with Crippen LogP contribution in [-0.2, 0) is 6.54 Å². The summed E-state index contributed by atoms with van der Waals surface area (Å²) in [6.45, 7) is 7.97. The Kier molecular flexibility index (Phi) is 7.11. The van der Waals surface area contributed by atoms with Gasteiger partial charge in [-0.3, -0.25) is 0 Å². The average Bonchev–Trinajstić information content (AvgIpc) is 2.78. The van der Waals surface area contributed by atoms with Crippen molar-refractivity contribution in [3.63, 3.8) is 0 Å². The Labute approximate surface area is 113 Å². The van der Waals surface area contributed by atoms with E-state index < -0.39 is 0 Å². The van der Waals surface area contributed by atoms with E-state index in [1.807, 2.05) is 7.05 Å². The SMILES string of the molecule is CCCCCCCn1ccc(C(NC)C(C)C)c1. The van der Waals surface area contributed by atoms with E-state index in [1.165, 1.54) is 37.7 Å². The highest BCUT2D eigenvalue weighted by molar-refractivity contribution is 5.16. The fourth-order valence-corrected chi connectivity index (χ4v) is 2.57. The van der Waals surface area contributed by atoms with Gasteiger partial charge in [0.05, 0.1) is 0 Å². The van der Waals surface area contributed by atoms with Crippen molar-refractivity contribution in [2.75, 3.05) is 7.05 Å². The summed E-state index contributed by atoms with van der Waals surface area (Å²) in [5.74, 6) is 0.635.